The highest BCUT2D eigenvalue weighted by molar-refractivity contribution is 6.30. The molecular weight excluding hydrogens is 330 g/mol. The predicted molar refractivity (Wildman–Crippen MR) is 106 cm³/mol. The zero-order valence-electron chi connectivity index (χ0n) is 16.1. The van der Waals surface area contributed by atoms with Crippen LogP contribution in [0.5, 0.6) is 5.75 Å². The van der Waals surface area contributed by atoms with Gasteiger partial charge in [-0.05, 0) is 49.1 Å². The highest BCUT2D eigenvalue weighted by Crippen LogP contribution is 2.24. The van der Waals surface area contributed by atoms with Crippen molar-refractivity contribution in [3.05, 3.63) is 64.7 Å². The second-order valence-corrected chi connectivity index (χ2v) is 9.13. The summed E-state index contributed by atoms with van der Waals surface area (Å²) in [5.41, 5.74) is 2.96. The molecule has 2 aromatic rings. The van der Waals surface area contributed by atoms with Crippen LogP contribution in [0.1, 0.15) is 52.2 Å². The molecule has 0 aromatic heterocycles. The van der Waals surface area contributed by atoms with Gasteiger partial charge in [0, 0.05) is 17.0 Å². The number of benzene rings is 2. The van der Waals surface area contributed by atoms with Crippen LogP contribution in [-0.2, 0) is 13.2 Å². The summed E-state index contributed by atoms with van der Waals surface area (Å²) in [6.07, 6.45) is 1.17. The summed E-state index contributed by atoms with van der Waals surface area (Å²) < 4.78 is 5.93. The van der Waals surface area contributed by atoms with Gasteiger partial charge in [-0.3, -0.25) is 0 Å². The van der Waals surface area contributed by atoms with E-state index in [4.69, 9.17) is 16.3 Å². The van der Waals surface area contributed by atoms with Crippen molar-refractivity contribution < 1.29 is 10.1 Å². The van der Waals surface area contributed by atoms with E-state index in [1.165, 1.54) is 12.0 Å². The average Bonchev–Trinajstić information content (AvgIpc) is 2.51. The monoisotopic (exact) mass is 360 g/mol. The van der Waals surface area contributed by atoms with Gasteiger partial charge >= 0.3 is 0 Å². The van der Waals surface area contributed by atoms with Gasteiger partial charge in [-0.1, -0.05) is 56.6 Å². The van der Waals surface area contributed by atoms with E-state index in [1.54, 1.807) is 0 Å². The highest BCUT2D eigenvalue weighted by Gasteiger charge is 2.28. The zero-order valence-corrected chi connectivity index (χ0v) is 16.9. The number of hydrogen-bond acceptors (Lipinski definition) is 1. The van der Waals surface area contributed by atoms with Crippen molar-refractivity contribution in [1.82, 2.24) is 0 Å². The molecule has 0 spiro atoms. The highest BCUT2D eigenvalue weighted by atomic mass is 35.5. The van der Waals surface area contributed by atoms with Crippen LogP contribution >= 0.6 is 11.6 Å². The van der Waals surface area contributed by atoms with Gasteiger partial charge in [-0.2, -0.15) is 0 Å². The summed E-state index contributed by atoms with van der Waals surface area (Å²) in [4.78, 5) is 0. The van der Waals surface area contributed by atoms with Gasteiger partial charge in [0.05, 0.1) is 5.54 Å². The first-order valence-corrected chi connectivity index (χ1v) is 9.31. The minimum Gasteiger partial charge on any atom is -0.489 e. The molecule has 136 valence electrons. The number of halogens is 1. The predicted octanol–water partition coefficient (Wildman–Crippen LogP) is 5.20. The third-order valence-electron chi connectivity index (χ3n) is 4.09. The van der Waals surface area contributed by atoms with Crippen molar-refractivity contribution in [2.45, 2.75) is 59.7 Å². The van der Waals surface area contributed by atoms with E-state index in [1.807, 2.05) is 30.3 Å². The molecule has 3 heteroatoms. The van der Waals surface area contributed by atoms with Crippen molar-refractivity contribution in [1.29, 1.82) is 0 Å². The van der Waals surface area contributed by atoms with E-state index in [0.717, 1.165) is 22.9 Å². The van der Waals surface area contributed by atoms with Crippen molar-refractivity contribution >= 4 is 11.6 Å². The second-order valence-electron chi connectivity index (χ2n) is 8.70. The zero-order chi connectivity index (χ0) is 18.5. The Labute approximate surface area is 157 Å². The summed E-state index contributed by atoms with van der Waals surface area (Å²) >= 11 is 5.92. The van der Waals surface area contributed by atoms with E-state index in [9.17, 15) is 0 Å². The molecule has 0 radical (unpaired) electrons. The number of nitrogens with two attached hydrogens (primary N) is 1. The van der Waals surface area contributed by atoms with Crippen LogP contribution in [0.4, 0.5) is 0 Å². The molecule has 0 unspecified atom stereocenters. The molecule has 0 aliphatic rings. The van der Waals surface area contributed by atoms with Crippen molar-refractivity contribution in [3.8, 4) is 5.75 Å². The Kier molecular flexibility index (Phi) is 6.53. The topological polar surface area (TPSA) is 25.8 Å². The normalized spacial score (nSPS) is 12.2. The Morgan fingerprint density at radius 2 is 1.60 bits per heavy atom. The molecule has 0 bridgehead atoms. The summed E-state index contributed by atoms with van der Waals surface area (Å²) in [6, 6.07) is 16.2. The standard InChI is InChI=1S/C22H30ClNO/c1-21(2,3)16-22(4,5)24-14-18-7-6-8-20(13-18)25-15-17-9-11-19(23)12-10-17/h6-13,24H,14-16H2,1-5H3/p+1. The smallest absolute Gasteiger partial charge is 0.120 e. The molecule has 0 aliphatic heterocycles. The molecule has 0 amide bonds. The molecule has 2 N–H and O–H groups in total. The third-order valence-corrected chi connectivity index (χ3v) is 4.35. The first-order valence-electron chi connectivity index (χ1n) is 8.94. The average molecular weight is 361 g/mol. The fourth-order valence-corrected chi connectivity index (χ4v) is 3.47. The molecule has 0 saturated carbocycles. The van der Waals surface area contributed by atoms with Crippen LogP contribution in [0.3, 0.4) is 0 Å². The molecule has 2 nitrogen and oxygen atoms in total. The first-order chi connectivity index (χ1) is 11.6. The molecule has 2 rings (SSSR count). The third kappa shape index (κ3) is 7.50. The van der Waals surface area contributed by atoms with Gasteiger partial charge in [0.2, 0.25) is 0 Å². The fraction of sp³-hybridized carbons (Fsp3) is 0.455. The molecule has 0 atom stereocenters. The first kappa shape index (κ1) is 19.8. The Hall–Kier alpha value is -1.51. The quantitative estimate of drug-likeness (QED) is 0.721. The van der Waals surface area contributed by atoms with E-state index in [0.29, 0.717) is 12.0 Å². The van der Waals surface area contributed by atoms with Crippen LogP contribution in [-0.4, -0.2) is 5.54 Å². The lowest BCUT2D eigenvalue weighted by Crippen LogP contribution is -2.94. The number of quaternary nitrogens is 1. The maximum Gasteiger partial charge on any atom is 0.120 e. The maximum absolute atomic E-state index is 5.93. The molecule has 0 saturated heterocycles. The summed E-state index contributed by atoms with van der Waals surface area (Å²) in [7, 11) is 0. The molecule has 0 aliphatic carbocycles. The van der Waals surface area contributed by atoms with Gasteiger partial charge in [0.25, 0.3) is 0 Å². The molecular formula is C22H31ClNO+. The van der Waals surface area contributed by atoms with Crippen LogP contribution in [0.25, 0.3) is 0 Å². The fourth-order valence-electron chi connectivity index (χ4n) is 3.34. The number of rotatable bonds is 7. The number of ether oxygens (including phenoxy) is 1. The summed E-state index contributed by atoms with van der Waals surface area (Å²) in [5.74, 6) is 0.912. The van der Waals surface area contributed by atoms with Gasteiger partial charge in [-0.25, -0.2) is 0 Å². The van der Waals surface area contributed by atoms with E-state index in [2.05, 4.69) is 58.1 Å². The van der Waals surface area contributed by atoms with Gasteiger partial charge in [0.1, 0.15) is 18.9 Å². The number of hydrogen-bond donors (Lipinski definition) is 1. The van der Waals surface area contributed by atoms with E-state index < -0.39 is 0 Å². The van der Waals surface area contributed by atoms with Gasteiger partial charge in [-0.15, -0.1) is 0 Å². The lowest BCUT2D eigenvalue weighted by atomic mass is 9.82. The Morgan fingerprint density at radius 3 is 2.24 bits per heavy atom. The Balaban J connectivity index is 1.91. The second kappa shape index (κ2) is 8.25. The molecule has 0 fully saturated rings. The maximum atomic E-state index is 5.93. The van der Waals surface area contributed by atoms with E-state index in [-0.39, 0.29) is 5.54 Å². The van der Waals surface area contributed by atoms with Crippen molar-refractivity contribution in [2.24, 2.45) is 5.41 Å². The summed E-state index contributed by atoms with van der Waals surface area (Å²) in [5, 5.41) is 3.18. The van der Waals surface area contributed by atoms with Crippen molar-refractivity contribution in [2.75, 3.05) is 0 Å². The van der Waals surface area contributed by atoms with E-state index >= 15 is 0 Å². The lowest BCUT2D eigenvalue weighted by molar-refractivity contribution is -0.737. The largest absolute Gasteiger partial charge is 0.489 e. The summed E-state index contributed by atoms with van der Waals surface area (Å²) in [6.45, 7) is 13.1. The molecule has 0 heterocycles. The van der Waals surface area contributed by atoms with Crippen molar-refractivity contribution in [3.63, 3.8) is 0 Å². The molecule has 2 aromatic carbocycles. The lowest BCUT2D eigenvalue weighted by Gasteiger charge is -2.30. The minimum atomic E-state index is 0.221. The van der Waals surface area contributed by atoms with Crippen LogP contribution in [0.2, 0.25) is 5.02 Å². The van der Waals surface area contributed by atoms with Crippen LogP contribution in [0, 0.1) is 5.41 Å². The van der Waals surface area contributed by atoms with Crippen LogP contribution < -0.4 is 10.1 Å². The SMILES string of the molecule is CC(C)(C)CC(C)(C)[NH2+]Cc1cccc(OCc2ccc(Cl)cc2)c1. The molecule has 25 heavy (non-hydrogen) atoms. The Bertz CT molecular complexity index is 671. The minimum absolute atomic E-state index is 0.221. The Morgan fingerprint density at radius 1 is 0.920 bits per heavy atom. The van der Waals surface area contributed by atoms with Gasteiger partial charge < -0.3 is 10.1 Å². The van der Waals surface area contributed by atoms with Gasteiger partial charge in [0.15, 0.2) is 0 Å². The van der Waals surface area contributed by atoms with Crippen LogP contribution in [0.15, 0.2) is 48.5 Å².